The number of carboxylic acid groups (broad SMARTS) is 1. The molecule has 0 unspecified atom stereocenters. The maximum absolute atomic E-state index is 10.5. The molecule has 0 spiro atoms. The predicted molar refractivity (Wildman–Crippen MR) is 38.7 cm³/mol. The molecule has 6 heteroatoms. The van der Waals surface area contributed by atoms with Crippen LogP contribution in [0.2, 0.25) is 0 Å². The highest BCUT2D eigenvalue weighted by atomic mass is 16.4. The highest BCUT2D eigenvalue weighted by molar-refractivity contribution is 5.81. The molecule has 0 saturated carbocycles. The summed E-state index contributed by atoms with van der Waals surface area (Å²) in [7, 11) is 0. The predicted octanol–water partition coefficient (Wildman–Crippen LogP) is 0.352. The van der Waals surface area contributed by atoms with Crippen LogP contribution in [0.5, 0.6) is 0 Å². The third kappa shape index (κ3) is 0.815. The second-order valence-electron chi connectivity index (χ2n) is 2.10. The van der Waals surface area contributed by atoms with E-state index in [0.717, 1.165) is 4.68 Å². The number of fused-ring (bicyclic) bond motifs is 1. The van der Waals surface area contributed by atoms with Crippen LogP contribution in [0.1, 0.15) is 0 Å². The lowest BCUT2D eigenvalue weighted by molar-refractivity contribution is 0.194. The lowest BCUT2D eigenvalue weighted by Crippen LogP contribution is -2.09. The van der Waals surface area contributed by atoms with Gasteiger partial charge in [-0.15, -0.1) is 4.68 Å². The molecule has 0 amide bonds. The maximum atomic E-state index is 10.5. The van der Waals surface area contributed by atoms with E-state index < -0.39 is 6.09 Å². The van der Waals surface area contributed by atoms with Crippen molar-refractivity contribution >= 4 is 17.3 Å². The zero-order chi connectivity index (χ0) is 8.55. The monoisotopic (exact) mass is 164 g/mol. The number of rotatable bonds is 0. The first-order chi connectivity index (χ1) is 5.79. The van der Waals surface area contributed by atoms with Gasteiger partial charge >= 0.3 is 6.09 Å². The molecule has 0 aliphatic heterocycles. The van der Waals surface area contributed by atoms with E-state index in [-0.39, 0.29) is 5.65 Å². The average molecular weight is 164 g/mol. The molecule has 0 fully saturated rings. The molecule has 2 aromatic rings. The van der Waals surface area contributed by atoms with Crippen LogP contribution in [-0.2, 0) is 0 Å². The molecule has 2 rings (SSSR count). The zero-order valence-corrected chi connectivity index (χ0v) is 5.88. The van der Waals surface area contributed by atoms with E-state index in [1.807, 2.05) is 0 Å². The SMILES string of the molecule is O=C(O)n1ncc2nccnc21. The number of hydrogen-bond acceptors (Lipinski definition) is 4. The Morgan fingerprint density at radius 2 is 2.17 bits per heavy atom. The van der Waals surface area contributed by atoms with Crippen molar-refractivity contribution in [2.24, 2.45) is 0 Å². The first-order valence-corrected chi connectivity index (χ1v) is 3.17. The fraction of sp³-hybridized carbons (Fsp3) is 0. The summed E-state index contributed by atoms with van der Waals surface area (Å²) in [5.74, 6) is 0. The molecule has 2 heterocycles. The van der Waals surface area contributed by atoms with Gasteiger partial charge in [-0.1, -0.05) is 0 Å². The van der Waals surface area contributed by atoms with Gasteiger partial charge in [0.15, 0.2) is 5.65 Å². The van der Waals surface area contributed by atoms with Gasteiger partial charge in [0.1, 0.15) is 5.52 Å². The van der Waals surface area contributed by atoms with E-state index in [2.05, 4.69) is 15.1 Å². The van der Waals surface area contributed by atoms with Gasteiger partial charge in [0.05, 0.1) is 6.20 Å². The second kappa shape index (κ2) is 2.26. The minimum absolute atomic E-state index is 0.255. The van der Waals surface area contributed by atoms with Gasteiger partial charge in [-0.3, -0.25) is 0 Å². The number of carbonyl (C=O) groups is 1. The molecule has 0 aromatic carbocycles. The molecule has 12 heavy (non-hydrogen) atoms. The average Bonchev–Trinajstić information content (AvgIpc) is 2.47. The lowest BCUT2D eigenvalue weighted by atomic mass is 10.5. The van der Waals surface area contributed by atoms with Crippen LogP contribution in [0.25, 0.3) is 11.2 Å². The first kappa shape index (κ1) is 6.71. The lowest BCUT2D eigenvalue weighted by Gasteiger charge is -1.91. The molecular weight excluding hydrogens is 160 g/mol. The molecule has 0 radical (unpaired) electrons. The van der Waals surface area contributed by atoms with Crippen molar-refractivity contribution in [3.63, 3.8) is 0 Å². The normalized spacial score (nSPS) is 10.3. The summed E-state index contributed by atoms with van der Waals surface area (Å²) in [6, 6.07) is 0. The van der Waals surface area contributed by atoms with Crippen LogP contribution in [-0.4, -0.2) is 30.9 Å². The summed E-state index contributed by atoms with van der Waals surface area (Å²) in [5.41, 5.74) is 0.727. The highest BCUT2D eigenvalue weighted by Gasteiger charge is 2.08. The quantitative estimate of drug-likeness (QED) is 0.607. The van der Waals surface area contributed by atoms with E-state index >= 15 is 0 Å². The highest BCUT2D eigenvalue weighted by Crippen LogP contribution is 2.04. The number of aromatic nitrogens is 4. The standard InChI is InChI=1S/C6H4N4O2/c11-6(12)10-5-4(3-9-10)7-1-2-8-5/h1-3H,(H,11,12). The maximum Gasteiger partial charge on any atom is 0.434 e. The Labute approximate surface area is 66.5 Å². The molecule has 0 saturated heterocycles. The minimum atomic E-state index is -1.16. The molecule has 1 N–H and O–H groups in total. The Hall–Kier alpha value is -1.98. The van der Waals surface area contributed by atoms with Gasteiger partial charge in [0.25, 0.3) is 0 Å². The van der Waals surface area contributed by atoms with Crippen LogP contribution in [0.4, 0.5) is 4.79 Å². The first-order valence-electron chi connectivity index (χ1n) is 3.17. The van der Waals surface area contributed by atoms with Crippen molar-refractivity contribution in [3.05, 3.63) is 18.6 Å². The van der Waals surface area contributed by atoms with E-state index in [1.54, 1.807) is 0 Å². The largest absolute Gasteiger partial charge is 0.463 e. The summed E-state index contributed by atoms with van der Waals surface area (Å²) >= 11 is 0. The second-order valence-corrected chi connectivity index (χ2v) is 2.10. The molecule has 0 aliphatic carbocycles. The topological polar surface area (TPSA) is 80.9 Å². The van der Waals surface area contributed by atoms with Crippen LogP contribution < -0.4 is 0 Å². The summed E-state index contributed by atoms with van der Waals surface area (Å²) in [4.78, 5) is 18.2. The van der Waals surface area contributed by atoms with E-state index in [0.29, 0.717) is 5.52 Å². The number of hydrogen-bond donors (Lipinski definition) is 1. The van der Waals surface area contributed by atoms with Crippen LogP contribution in [0, 0.1) is 0 Å². The molecule has 0 bridgehead atoms. The molecular formula is C6H4N4O2. The van der Waals surface area contributed by atoms with Gasteiger partial charge in [-0.2, -0.15) is 5.10 Å². The van der Waals surface area contributed by atoms with Crippen LogP contribution in [0.15, 0.2) is 18.6 Å². The van der Waals surface area contributed by atoms with Crippen LogP contribution >= 0.6 is 0 Å². The van der Waals surface area contributed by atoms with Gasteiger partial charge < -0.3 is 5.11 Å². The number of nitrogens with zero attached hydrogens (tertiary/aromatic N) is 4. The van der Waals surface area contributed by atoms with E-state index in [1.165, 1.54) is 18.6 Å². The van der Waals surface area contributed by atoms with E-state index in [4.69, 9.17) is 5.11 Å². The van der Waals surface area contributed by atoms with Gasteiger partial charge in [0, 0.05) is 12.4 Å². The minimum Gasteiger partial charge on any atom is -0.463 e. The third-order valence-electron chi connectivity index (χ3n) is 1.38. The Kier molecular flexibility index (Phi) is 1.26. The van der Waals surface area contributed by atoms with Crippen molar-refractivity contribution in [3.8, 4) is 0 Å². The Morgan fingerprint density at radius 1 is 1.42 bits per heavy atom. The fourth-order valence-corrected chi connectivity index (χ4v) is 0.903. The Bertz CT molecular complexity index is 436. The molecule has 0 aliphatic rings. The summed E-state index contributed by atoms with van der Waals surface area (Å²) < 4.78 is 0.780. The van der Waals surface area contributed by atoms with Gasteiger partial charge in [0.2, 0.25) is 0 Å². The summed E-state index contributed by atoms with van der Waals surface area (Å²) in [6.45, 7) is 0. The van der Waals surface area contributed by atoms with Crippen molar-refractivity contribution in [2.45, 2.75) is 0 Å². The van der Waals surface area contributed by atoms with E-state index in [9.17, 15) is 4.79 Å². The third-order valence-corrected chi connectivity index (χ3v) is 1.38. The summed E-state index contributed by atoms with van der Waals surface area (Å²) in [5, 5.41) is 12.2. The zero-order valence-electron chi connectivity index (χ0n) is 5.88. The van der Waals surface area contributed by atoms with Crippen molar-refractivity contribution in [1.29, 1.82) is 0 Å². The smallest absolute Gasteiger partial charge is 0.434 e. The summed E-state index contributed by atoms with van der Waals surface area (Å²) in [6.07, 6.45) is 3.10. The van der Waals surface area contributed by atoms with Crippen molar-refractivity contribution in [2.75, 3.05) is 0 Å². The molecule has 60 valence electrons. The Morgan fingerprint density at radius 3 is 2.92 bits per heavy atom. The van der Waals surface area contributed by atoms with Crippen molar-refractivity contribution in [1.82, 2.24) is 19.7 Å². The molecule has 0 atom stereocenters. The Balaban J connectivity index is 2.79. The fourth-order valence-electron chi connectivity index (χ4n) is 0.903. The molecule has 6 nitrogen and oxygen atoms in total. The van der Waals surface area contributed by atoms with Crippen molar-refractivity contribution < 1.29 is 9.90 Å². The van der Waals surface area contributed by atoms with Crippen LogP contribution in [0.3, 0.4) is 0 Å². The van der Waals surface area contributed by atoms with Gasteiger partial charge in [-0.05, 0) is 0 Å². The van der Waals surface area contributed by atoms with Gasteiger partial charge in [-0.25, -0.2) is 14.8 Å². The molecule has 2 aromatic heterocycles.